The first-order valence-electron chi connectivity index (χ1n) is 10.8. The second-order valence-corrected chi connectivity index (χ2v) is 8.82. The van der Waals surface area contributed by atoms with Gasteiger partial charge in [-0.1, -0.05) is 6.07 Å². The average molecular weight is 416 g/mol. The highest BCUT2D eigenvalue weighted by Gasteiger charge is 2.31. The fraction of sp³-hybridized carbons (Fsp3) is 0.375. The van der Waals surface area contributed by atoms with E-state index in [1.165, 1.54) is 4.68 Å². The number of benzene rings is 1. The fourth-order valence-electron chi connectivity index (χ4n) is 4.48. The Hall–Kier alpha value is -3.19. The summed E-state index contributed by atoms with van der Waals surface area (Å²) in [6.07, 6.45) is 7.80. The zero-order valence-corrected chi connectivity index (χ0v) is 18.4. The average Bonchev–Trinajstić information content (AvgIpc) is 3.13. The number of aryl methyl sites for hydroxylation is 2. The predicted octanol–water partition coefficient (Wildman–Crippen LogP) is 3.31. The molecule has 0 spiro atoms. The molecular weight excluding hydrogens is 388 g/mol. The SMILES string of the molecule is Cc1cn2nc(-c3ccc4c(c3)C=N/[N+](=C\C3CCN(C)[C@H](C)C3)C4=O)cc(C)c2n1. The van der Waals surface area contributed by atoms with Gasteiger partial charge in [-0.3, -0.25) is 0 Å². The van der Waals surface area contributed by atoms with Gasteiger partial charge in [-0.25, -0.2) is 14.3 Å². The number of hydrogen-bond donors (Lipinski definition) is 0. The summed E-state index contributed by atoms with van der Waals surface area (Å²) in [6, 6.07) is 8.39. The molecule has 0 saturated carbocycles. The van der Waals surface area contributed by atoms with Crippen LogP contribution in [0.4, 0.5) is 0 Å². The van der Waals surface area contributed by atoms with Gasteiger partial charge in [0.25, 0.3) is 0 Å². The molecule has 7 heteroatoms. The standard InChI is InChI=1S/C24H27N6O/c1-15-9-22(27-29-13-16(2)26-23(15)29)19-5-6-21-20(11-19)12-25-30(24(21)31)14-18-7-8-28(4)17(3)10-18/h5-6,9,11-14,17-18H,7-8,10H2,1-4H3/q+1/b30-14-/t17-,18?/m1/s1. The maximum Gasteiger partial charge on any atom is 0.449 e. The lowest BCUT2D eigenvalue weighted by Crippen LogP contribution is -2.39. The van der Waals surface area contributed by atoms with E-state index < -0.39 is 0 Å². The molecule has 2 atom stereocenters. The van der Waals surface area contributed by atoms with E-state index in [-0.39, 0.29) is 5.91 Å². The van der Waals surface area contributed by atoms with E-state index in [1.54, 1.807) is 6.21 Å². The number of hydrazone groups is 1. The number of piperidine rings is 1. The number of amides is 1. The lowest BCUT2D eigenvalue weighted by Gasteiger charge is -2.32. The molecule has 0 bridgehead atoms. The van der Waals surface area contributed by atoms with Gasteiger partial charge in [0.1, 0.15) is 11.8 Å². The van der Waals surface area contributed by atoms with Crippen molar-refractivity contribution in [2.45, 2.75) is 39.7 Å². The Kier molecular flexibility index (Phi) is 4.78. The maximum absolute atomic E-state index is 13.1. The largest absolute Gasteiger partial charge is 0.449 e. The number of likely N-dealkylation sites (tertiary alicyclic amines) is 1. The molecule has 2 aliphatic heterocycles. The van der Waals surface area contributed by atoms with Gasteiger partial charge in [-0.05, 0) is 75.7 Å². The number of aromatic nitrogens is 3. The highest BCUT2D eigenvalue weighted by Crippen LogP contribution is 2.25. The number of carbonyl (C=O) groups excluding carboxylic acids is 1. The molecule has 2 aliphatic rings. The second kappa shape index (κ2) is 7.50. The zero-order valence-electron chi connectivity index (χ0n) is 18.4. The van der Waals surface area contributed by atoms with Crippen molar-refractivity contribution in [2.75, 3.05) is 13.6 Å². The lowest BCUT2D eigenvalue weighted by molar-refractivity contribution is -0.431. The van der Waals surface area contributed by atoms with Gasteiger partial charge in [0.05, 0.1) is 17.6 Å². The van der Waals surface area contributed by atoms with E-state index >= 15 is 0 Å². The van der Waals surface area contributed by atoms with Gasteiger partial charge >= 0.3 is 5.91 Å². The van der Waals surface area contributed by atoms with Crippen LogP contribution in [-0.4, -0.2) is 62.2 Å². The van der Waals surface area contributed by atoms with Crippen molar-refractivity contribution in [3.63, 3.8) is 0 Å². The molecule has 1 amide bonds. The Morgan fingerprint density at radius 2 is 2.06 bits per heavy atom. The molecular formula is C24H27N6O+. The molecule has 158 valence electrons. The molecule has 3 aromatic rings. The van der Waals surface area contributed by atoms with Crippen LogP contribution in [-0.2, 0) is 0 Å². The van der Waals surface area contributed by atoms with Crippen molar-refractivity contribution in [3.8, 4) is 11.3 Å². The van der Waals surface area contributed by atoms with Crippen molar-refractivity contribution in [1.82, 2.24) is 19.5 Å². The van der Waals surface area contributed by atoms with Gasteiger partial charge in [0.15, 0.2) is 11.9 Å². The minimum absolute atomic E-state index is 0.0690. The molecule has 1 unspecified atom stereocenters. The van der Waals surface area contributed by atoms with Crippen molar-refractivity contribution >= 4 is 24.0 Å². The lowest BCUT2D eigenvalue weighted by atomic mass is 9.93. The van der Waals surface area contributed by atoms with Gasteiger partial charge in [-0.15, -0.1) is 0 Å². The van der Waals surface area contributed by atoms with E-state index in [0.29, 0.717) is 17.5 Å². The summed E-state index contributed by atoms with van der Waals surface area (Å²) in [7, 11) is 2.15. The van der Waals surface area contributed by atoms with Crippen LogP contribution in [0.25, 0.3) is 16.9 Å². The molecule has 31 heavy (non-hydrogen) atoms. The molecule has 1 aromatic carbocycles. The summed E-state index contributed by atoms with van der Waals surface area (Å²) < 4.78 is 3.34. The summed E-state index contributed by atoms with van der Waals surface area (Å²) in [5.41, 5.74) is 6.17. The van der Waals surface area contributed by atoms with E-state index in [0.717, 1.165) is 53.1 Å². The van der Waals surface area contributed by atoms with Crippen molar-refractivity contribution in [1.29, 1.82) is 0 Å². The molecule has 1 saturated heterocycles. The van der Waals surface area contributed by atoms with Crippen LogP contribution in [0.5, 0.6) is 0 Å². The maximum atomic E-state index is 13.1. The summed E-state index contributed by atoms with van der Waals surface area (Å²) in [6.45, 7) is 7.27. The van der Waals surface area contributed by atoms with Crippen molar-refractivity contribution in [3.05, 3.63) is 52.8 Å². The molecule has 0 aliphatic carbocycles. The first-order valence-corrected chi connectivity index (χ1v) is 10.8. The molecule has 0 N–H and O–H groups in total. The van der Waals surface area contributed by atoms with Gasteiger partial charge in [0, 0.05) is 28.2 Å². The van der Waals surface area contributed by atoms with Crippen LogP contribution in [0.15, 0.2) is 35.6 Å². The number of hydrogen-bond acceptors (Lipinski definition) is 5. The number of fused-ring (bicyclic) bond motifs is 2. The highest BCUT2D eigenvalue weighted by molar-refractivity contribution is 6.02. The topological polar surface area (TPSA) is 65.9 Å². The van der Waals surface area contributed by atoms with Crippen LogP contribution in [0.1, 0.15) is 46.9 Å². The van der Waals surface area contributed by atoms with Gasteiger partial charge in [-0.2, -0.15) is 5.10 Å². The van der Waals surface area contributed by atoms with Gasteiger partial charge < -0.3 is 4.90 Å². The third kappa shape index (κ3) is 3.59. The third-order valence-corrected chi connectivity index (χ3v) is 6.44. The van der Waals surface area contributed by atoms with Crippen molar-refractivity contribution in [2.24, 2.45) is 11.0 Å². The Morgan fingerprint density at radius 3 is 2.87 bits per heavy atom. The van der Waals surface area contributed by atoms with Crippen LogP contribution in [0, 0.1) is 19.8 Å². The smallest absolute Gasteiger partial charge is 0.304 e. The Balaban J connectivity index is 1.45. The Labute approximate surface area is 181 Å². The Morgan fingerprint density at radius 1 is 1.23 bits per heavy atom. The normalized spacial score (nSPS) is 23.0. The molecule has 5 rings (SSSR count). The molecule has 7 nitrogen and oxygen atoms in total. The van der Waals surface area contributed by atoms with Gasteiger partial charge in [0.2, 0.25) is 0 Å². The summed E-state index contributed by atoms with van der Waals surface area (Å²) in [5.74, 6) is 0.297. The first kappa shape index (κ1) is 19.8. The second-order valence-electron chi connectivity index (χ2n) is 8.82. The van der Waals surface area contributed by atoms with Crippen LogP contribution >= 0.6 is 0 Å². The van der Waals surface area contributed by atoms with E-state index in [4.69, 9.17) is 5.10 Å². The third-order valence-electron chi connectivity index (χ3n) is 6.44. The van der Waals surface area contributed by atoms with E-state index in [1.807, 2.05) is 55.0 Å². The number of nitrogens with zero attached hydrogens (tertiary/aromatic N) is 6. The molecule has 4 heterocycles. The van der Waals surface area contributed by atoms with E-state index in [9.17, 15) is 4.79 Å². The van der Waals surface area contributed by atoms with Crippen LogP contribution in [0.2, 0.25) is 0 Å². The highest BCUT2D eigenvalue weighted by atomic mass is 16.2. The number of rotatable bonds is 2. The summed E-state index contributed by atoms with van der Waals surface area (Å²) in [4.78, 5) is 19.9. The van der Waals surface area contributed by atoms with Crippen LogP contribution < -0.4 is 0 Å². The minimum atomic E-state index is -0.0690. The Bertz CT molecular complexity index is 1250. The first-order chi connectivity index (χ1) is 14.9. The monoisotopic (exact) mass is 415 g/mol. The van der Waals surface area contributed by atoms with E-state index in [2.05, 4.69) is 29.0 Å². The fourth-order valence-corrected chi connectivity index (χ4v) is 4.48. The summed E-state index contributed by atoms with van der Waals surface area (Å²) >= 11 is 0. The molecule has 1 fully saturated rings. The minimum Gasteiger partial charge on any atom is -0.304 e. The molecule has 2 aromatic heterocycles. The molecule has 0 radical (unpaired) electrons. The number of carbonyl (C=O) groups is 1. The quantitative estimate of drug-likeness (QED) is 0.603. The zero-order chi connectivity index (χ0) is 21.7. The van der Waals surface area contributed by atoms with Crippen LogP contribution in [0.3, 0.4) is 0 Å². The van der Waals surface area contributed by atoms with Crippen molar-refractivity contribution < 1.29 is 9.48 Å². The number of imidazole rings is 1. The summed E-state index contributed by atoms with van der Waals surface area (Å²) in [5, 5.41) is 9.15. The predicted molar refractivity (Wildman–Crippen MR) is 121 cm³/mol.